The molecular weight excluding hydrogens is 408 g/mol. The summed E-state index contributed by atoms with van der Waals surface area (Å²) in [7, 11) is 4.65. The largest absolute Gasteiger partial charge is 0.496 e. The molecule has 0 saturated heterocycles. The molecule has 4 rings (SSSR count). The summed E-state index contributed by atoms with van der Waals surface area (Å²) in [5.41, 5.74) is 2.97. The van der Waals surface area contributed by atoms with Crippen LogP contribution >= 0.6 is 0 Å². The van der Waals surface area contributed by atoms with Crippen LogP contribution in [-0.4, -0.2) is 27.1 Å². The Morgan fingerprint density at radius 3 is 2.22 bits per heavy atom. The van der Waals surface area contributed by atoms with Crippen LogP contribution in [0.5, 0.6) is 28.7 Å². The highest BCUT2D eigenvalue weighted by molar-refractivity contribution is 6.15. The Bertz CT molecular complexity index is 1180. The van der Waals surface area contributed by atoms with Crippen molar-refractivity contribution in [1.29, 1.82) is 0 Å². The van der Waals surface area contributed by atoms with Gasteiger partial charge in [0.25, 0.3) is 0 Å². The minimum Gasteiger partial charge on any atom is -0.496 e. The molecule has 0 atom stereocenters. The van der Waals surface area contributed by atoms with Crippen molar-refractivity contribution in [3.63, 3.8) is 0 Å². The maximum atomic E-state index is 13.0. The highest BCUT2D eigenvalue weighted by atomic mass is 16.5. The monoisotopic (exact) mass is 432 g/mol. The third-order valence-electron chi connectivity index (χ3n) is 5.30. The first-order chi connectivity index (χ1) is 15.5. The van der Waals surface area contributed by atoms with E-state index in [1.807, 2.05) is 37.3 Å². The Labute approximate surface area is 186 Å². The molecule has 1 heterocycles. The number of Topliss-reactive ketones (excluding diaryl/α,β-unsaturated/α-hetero) is 1. The Balaban J connectivity index is 1.63. The summed E-state index contributed by atoms with van der Waals surface area (Å²) in [6.07, 6.45) is 1.65. The number of ketones is 1. The summed E-state index contributed by atoms with van der Waals surface area (Å²) < 4.78 is 28.1. The fourth-order valence-corrected chi connectivity index (χ4v) is 3.57. The van der Waals surface area contributed by atoms with Gasteiger partial charge in [-0.1, -0.05) is 30.3 Å². The van der Waals surface area contributed by atoms with Crippen LogP contribution in [0, 0.1) is 6.92 Å². The molecule has 1 aliphatic rings. The third-order valence-corrected chi connectivity index (χ3v) is 5.30. The average Bonchev–Trinajstić information content (AvgIpc) is 3.15. The summed E-state index contributed by atoms with van der Waals surface area (Å²) in [6.45, 7) is 2.31. The second-order valence-electron chi connectivity index (χ2n) is 7.23. The lowest BCUT2D eigenvalue weighted by atomic mass is 10.1. The molecule has 3 aromatic rings. The first-order valence-electron chi connectivity index (χ1n) is 10.1. The quantitative estimate of drug-likeness (QED) is 0.477. The van der Waals surface area contributed by atoms with E-state index in [0.717, 1.165) is 11.1 Å². The lowest BCUT2D eigenvalue weighted by Gasteiger charge is -2.13. The zero-order chi connectivity index (χ0) is 22.7. The van der Waals surface area contributed by atoms with Crippen molar-refractivity contribution < 1.29 is 28.5 Å². The summed E-state index contributed by atoms with van der Waals surface area (Å²) in [5.74, 6) is 2.77. The minimum atomic E-state index is -0.199. The predicted molar refractivity (Wildman–Crippen MR) is 121 cm³/mol. The van der Waals surface area contributed by atoms with E-state index < -0.39 is 0 Å². The van der Waals surface area contributed by atoms with Gasteiger partial charge in [0.1, 0.15) is 23.9 Å². The molecule has 0 saturated carbocycles. The van der Waals surface area contributed by atoms with Gasteiger partial charge in [-0.2, -0.15) is 0 Å². The highest BCUT2D eigenvalue weighted by Gasteiger charge is 2.30. The van der Waals surface area contributed by atoms with E-state index in [4.69, 9.17) is 23.7 Å². The van der Waals surface area contributed by atoms with Crippen LogP contribution in [0.2, 0.25) is 0 Å². The maximum absolute atomic E-state index is 13.0. The molecule has 0 fully saturated rings. The van der Waals surface area contributed by atoms with Crippen molar-refractivity contribution in [2.45, 2.75) is 13.5 Å². The molecular formula is C26H24O6. The molecule has 3 aromatic carbocycles. The van der Waals surface area contributed by atoms with Gasteiger partial charge >= 0.3 is 0 Å². The van der Waals surface area contributed by atoms with Gasteiger partial charge < -0.3 is 23.7 Å². The molecule has 6 heteroatoms. The number of fused-ring (bicyclic) bond motifs is 1. The zero-order valence-corrected chi connectivity index (χ0v) is 18.4. The molecule has 0 radical (unpaired) electrons. The van der Waals surface area contributed by atoms with Crippen molar-refractivity contribution in [2.24, 2.45) is 0 Å². The average molecular weight is 432 g/mol. The zero-order valence-electron chi connectivity index (χ0n) is 18.4. The number of carbonyl (C=O) groups is 1. The van der Waals surface area contributed by atoms with Gasteiger partial charge in [-0.05, 0) is 36.8 Å². The van der Waals surface area contributed by atoms with Gasteiger partial charge in [-0.15, -0.1) is 0 Å². The van der Waals surface area contributed by atoms with Crippen LogP contribution in [0.3, 0.4) is 0 Å². The Morgan fingerprint density at radius 1 is 0.844 bits per heavy atom. The van der Waals surface area contributed by atoms with E-state index in [1.54, 1.807) is 51.7 Å². The third kappa shape index (κ3) is 3.99. The van der Waals surface area contributed by atoms with Crippen LogP contribution in [0.15, 0.2) is 60.4 Å². The number of rotatable bonds is 7. The summed E-state index contributed by atoms with van der Waals surface area (Å²) in [6, 6.07) is 16.9. The van der Waals surface area contributed by atoms with Gasteiger partial charge in [-0.3, -0.25) is 4.79 Å². The number of ether oxygens (including phenoxy) is 5. The van der Waals surface area contributed by atoms with Crippen LogP contribution in [0.25, 0.3) is 6.08 Å². The van der Waals surface area contributed by atoms with E-state index in [9.17, 15) is 4.79 Å². The highest BCUT2D eigenvalue weighted by Crippen LogP contribution is 2.41. The number of hydrogen-bond acceptors (Lipinski definition) is 6. The smallest absolute Gasteiger partial charge is 0.231 e. The Kier molecular flexibility index (Phi) is 6.03. The normalized spacial score (nSPS) is 13.5. The Morgan fingerprint density at radius 2 is 1.53 bits per heavy atom. The number of carbonyl (C=O) groups excluding carboxylic acids is 1. The van der Waals surface area contributed by atoms with E-state index in [1.165, 1.54) is 0 Å². The van der Waals surface area contributed by atoms with Crippen LogP contribution < -0.4 is 23.7 Å². The standard InChI is InChI=1S/C26H24O6/c1-16-20(31-15-17-8-6-5-7-9-17)11-10-19-25(27)24(32-26(16)19)13-18-12-22(29-3)23(30-4)14-21(18)28-2/h5-14H,15H2,1-4H3/b24-13-. The van der Waals surface area contributed by atoms with Gasteiger partial charge in [-0.25, -0.2) is 0 Å². The number of methoxy groups -OCH3 is 3. The first kappa shape index (κ1) is 21.3. The fraction of sp³-hybridized carbons (Fsp3) is 0.192. The van der Waals surface area contributed by atoms with Crippen LogP contribution in [0.1, 0.15) is 27.0 Å². The Hall–Kier alpha value is -3.93. The van der Waals surface area contributed by atoms with E-state index >= 15 is 0 Å². The summed E-state index contributed by atoms with van der Waals surface area (Å²) in [5, 5.41) is 0. The van der Waals surface area contributed by atoms with Gasteiger partial charge in [0.05, 0.1) is 26.9 Å². The van der Waals surface area contributed by atoms with Crippen molar-refractivity contribution in [2.75, 3.05) is 21.3 Å². The molecule has 0 aliphatic carbocycles. The molecule has 0 N–H and O–H groups in total. The molecule has 164 valence electrons. The van der Waals surface area contributed by atoms with Gasteiger partial charge in [0.15, 0.2) is 17.3 Å². The lowest BCUT2D eigenvalue weighted by Crippen LogP contribution is -2.00. The lowest BCUT2D eigenvalue weighted by molar-refractivity contribution is 0.101. The molecule has 0 bridgehead atoms. The van der Waals surface area contributed by atoms with Gasteiger partial charge in [0.2, 0.25) is 5.78 Å². The molecule has 0 amide bonds. The van der Waals surface area contributed by atoms with E-state index in [0.29, 0.717) is 46.5 Å². The number of hydrogen-bond donors (Lipinski definition) is 0. The molecule has 1 aliphatic heterocycles. The van der Waals surface area contributed by atoms with Crippen LogP contribution in [-0.2, 0) is 6.61 Å². The summed E-state index contributed by atoms with van der Waals surface area (Å²) in [4.78, 5) is 13.0. The van der Waals surface area contributed by atoms with Crippen LogP contribution in [0.4, 0.5) is 0 Å². The number of allylic oxidation sites excluding steroid dienone is 1. The second kappa shape index (κ2) is 9.06. The minimum absolute atomic E-state index is 0.199. The maximum Gasteiger partial charge on any atom is 0.231 e. The van der Waals surface area contributed by atoms with Crippen molar-refractivity contribution in [1.82, 2.24) is 0 Å². The van der Waals surface area contributed by atoms with Gasteiger partial charge in [0, 0.05) is 17.2 Å². The SMILES string of the molecule is COc1cc(OC)c(OC)cc1/C=C1\Oc2c(ccc(OCc3ccccc3)c2C)C1=O. The predicted octanol–water partition coefficient (Wildman–Crippen LogP) is 5.22. The fourth-order valence-electron chi connectivity index (χ4n) is 3.57. The molecule has 6 nitrogen and oxygen atoms in total. The number of benzene rings is 3. The summed E-state index contributed by atoms with van der Waals surface area (Å²) >= 11 is 0. The van der Waals surface area contributed by atoms with Crippen molar-refractivity contribution >= 4 is 11.9 Å². The van der Waals surface area contributed by atoms with E-state index in [2.05, 4.69) is 0 Å². The molecule has 0 unspecified atom stereocenters. The molecule has 32 heavy (non-hydrogen) atoms. The van der Waals surface area contributed by atoms with E-state index in [-0.39, 0.29) is 11.5 Å². The first-order valence-corrected chi connectivity index (χ1v) is 10.1. The van der Waals surface area contributed by atoms with Crippen molar-refractivity contribution in [3.05, 3.63) is 82.6 Å². The van der Waals surface area contributed by atoms with Crippen molar-refractivity contribution in [3.8, 4) is 28.7 Å². The second-order valence-corrected chi connectivity index (χ2v) is 7.23. The molecule has 0 spiro atoms. The topological polar surface area (TPSA) is 63.2 Å². The molecule has 0 aromatic heterocycles.